The van der Waals surface area contributed by atoms with Crippen molar-refractivity contribution >= 4 is 17.3 Å². The fourth-order valence-corrected chi connectivity index (χ4v) is 2.78. The van der Waals surface area contributed by atoms with Gasteiger partial charge in [0.15, 0.2) is 11.5 Å². The Morgan fingerprint density at radius 3 is 2.69 bits per heavy atom. The summed E-state index contributed by atoms with van der Waals surface area (Å²) < 4.78 is 16.1. The predicted octanol–water partition coefficient (Wildman–Crippen LogP) is 3.80. The topological polar surface area (TPSA) is 60.9 Å². The first-order chi connectivity index (χ1) is 12.8. The molecule has 0 unspecified atom stereocenters. The average Bonchev–Trinajstić information content (AvgIpc) is 3.17. The van der Waals surface area contributed by atoms with Crippen molar-refractivity contribution in [3.05, 3.63) is 72.6 Å². The summed E-state index contributed by atoms with van der Waals surface area (Å²) in [4.78, 5) is 18.9. The highest BCUT2D eigenvalue weighted by Crippen LogP contribution is 2.38. The van der Waals surface area contributed by atoms with Crippen LogP contribution < -0.4 is 19.1 Å². The third-order valence-corrected chi connectivity index (χ3v) is 4.04. The fourth-order valence-electron chi connectivity index (χ4n) is 2.78. The van der Waals surface area contributed by atoms with Crippen LogP contribution in [0.15, 0.2) is 67.0 Å². The predicted molar refractivity (Wildman–Crippen MR) is 96.3 cm³/mol. The van der Waals surface area contributed by atoms with Gasteiger partial charge in [-0.25, -0.2) is 0 Å². The Morgan fingerprint density at radius 1 is 1.04 bits per heavy atom. The van der Waals surface area contributed by atoms with Crippen molar-refractivity contribution < 1.29 is 19.0 Å². The first-order valence-electron chi connectivity index (χ1n) is 8.04. The largest absolute Gasteiger partial charge is 0.497 e. The number of aromatic nitrogens is 1. The molecule has 0 atom stereocenters. The van der Waals surface area contributed by atoms with E-state index in [4.69, 9.17) is 14.2 Å². The second kappa shape index (κ2) is 6.76. The van der Waals surface area contributed by atoms with Crippen molar-refractivity contribution in [2.45, 2.75) is 0 Å². The molecule has 130 valence electrons. The summed E-state index contributed by atoms with van der Waals surface area (Å²) in [7, 11) is 1.59. The zero-order valence-electron chi connectivity index (χ0n) is 14.1. The molecule has 0 saturated heterocycles. The van der Waals surface area contributed by atoms with E-state index in [9.17, 15) is 4.79 Å². The summed E-state index contributed by atoms with van der Waals surface area (Å²) in [5.41, 5.74) is 1.82. The molecule has 4 rings (SSSR count). The number of carbonyl (C=O) groups excluding carboxylic acids is 1. The normalized spacial score (nSPS) is 11.9. The van der Waals surface area contributed by atoms with Gasteiger partial charge in [0.25, 0.3) is 5.91 Å². The van der Waals surface area contributed by atoms with Crippen molar-refractivity contribution in [2.24, 2.45) is 0 Å². The minimum atomic E-state index is -0.204. The van der Waals surface area contributed by atoms with Crippen molar-refractivity contribution in [2.75, 3.05) is 18.8 Å². The molecule has 2 heterocycles. The third-order valence-electron chi connectivity index (χ3n) is 4.04. The van der Waals surface area contributed by atoms with Gasteiger partial charge in [-0.2, -0.15) is 0 Å². The van der Waals surface area contributed by atoms with E-state index in [0.29, 0.717) is 34.2 Å². The number of ether oxygens (including phenoxy) is 3. The highest BCUT2D eigenvalue weighted by Gasteiger charge is 2.23. The van der Waals surface area contributed by atoms with Crippen LogP contribution in [0, 0.1) is 0 Å². The first-order valence-corrected chi connectivity index (χ1v) is 8.04. The van der Waals surface area contributed by atoms with Crippen LogP contribution >= 0.6 is 0 Å². The minimum Gasteiger partial charge on any atom is -0.497 e. The molecule has 0 fully saturated rings. The van der Waals surface area contributed by atoms with E-state index in [2.05, 4.69) is 4.98 Å². The molecular weight excluding hydrogens is 332 g/mol. The lowest BCUT2D eigenvalue weighted by Crippen LogP contribution is -2.26. The van der Waals surface area contributed by atoms with Crippen LogP contribution in [0.1, 0.15) is 10.4 Å². The van der Waals surface area contributed by atoms with Crippen molar-refractivity contribution in [1.29, 1.82) is 0 Å². The molecule has 2 aromatic carbocycles. The Morgan fingerprint density at radius 2 is 1.88 bits per heavy atom. The van der Waals surface area contributed by atoms with Gasteiger partial charge in [-0.3, -0.25) is 14.7 Å². The summed E-state index contributed by atoms with van der Waals surface area (Å²) >= 11 is 0. The number of fused-ring (bicyclic) bond motifs is 1. The molecule has 6 nitrogen and oxygen atoms in total. The lowest BCUT2D eigenvalue weighted by Gasteiger charge is -2.23. The number of nitrogens with zero attached hydrogens (tertiary/aromatic N) is 2. The molecule has 26 heavy (non-hydrogen) atoms. The van der Waals surface area contributed by atoms with Gasteiger partial charge in [-0.15, -0.1) is 0 Å². The standard InChI is InChI=1S/C20H16N2O4/c1-24-17-6-2-5-15(10-17)22(20(23)14-4-3-9-21-12-14)16-7-8-18-19(11-16)26-13-25-18/h2-12H,13H2,1H3. The fraction of sp³-hybridized carbons (Fsp3) is 0.100. The molecule has 0 aliphatic carbocycles. The molecule has 0 N–H and O–H groups in total. The quantitative estimate of drug-likeness (QED) is 0.718. The number of hydrogen-bond acceptors (Lipinski definition) is 5. The highest BCUT2D eigenvalue weighted by atomic mass is 16.7. The van der Waals surface area contributed by atoms with Crippen LogP contribution in [0.4, 0.5) is 11.4 Å². The number of rotatable bonds is 4. The average molecular weight is 348 g/mol. The third kappa shape index (κ3) is 2.93. The van der Waals surface area contributed by atoms with Gasteiger partial charge in [0.05, 0.1) is 24.0 Å². The minimum absolute atomic E-state index is 0.175. The maximum absolute atomic E-state index is 13.2. The molecule has 0 saturated carbocycles. The lowest BCUT2D eigenvalue weighted by molar-refractivity contribution is 0.0999. The van der Waals surface area contributed by atoms with Crippen molar-refractivity contribution in [1.82, 2.24) is 4.98 Å². The SMILES string of the molecule is COc1cccc(N(C(=O)c2cccnc2)c2ccc3c(c2)OCO3)c1. The zero-order valence-corrected chi connectivity index (χ0v) is 14.1. The van der Waals surface area contributed by atoms with Gasteiger partial charge in [0, 0.05) is 24.5 Å². The Hall–Kier alpha value is -3.54. The number of pyridine rings is 1. The van der Waals surface area contributed by atoms with E-state index >= 15 is 0 Å². The first kappa shape index (κ1) is 16.0. The monoisotopic (exact) mass is 348 g/mol. The molecule has 0 radical (unpaired) electrons. The summed E-state index contributed by atoms with van der Waals surface area (Å²) in [6.45, 7) is 0.175. The Labute approximate surface area is 150 Å². The number of anilines is 2. The van der Waals surface area contributed by atoms with E-state index in [1.54, 1.807) is 54.7 Å². The molecule has 1 aliphatic rings. The maximum atomic E-state index is 13.2. The van der Waals surface area contributed by atoms with Crippen molar-refractivity contribution in [3.8, 4) is 17.2 Å². The zero-order chi connectivity index (χ0) is 17.9. The van der Waals surface area contributed by atoms with Crippen molar-refractivity contribution in [3.63, 3.8) is 0 Å². The van der Waals surface area contributed by atoms with E-state index in [-0.39, 0.29) is 12.7 Å². The van der Waals surface area contributed by atoms with Gasteiger partial charge < -0.3 is 14.2 Å². The molecule has 1 aromatic heterocycles. The molecule has 3 aromatic rings. The summed E-state index contributed by atoms with van der Waals surface area (Å²) in [5.74, 6) is 1.72. The van der Waals surface area contributed by atoms with Crippen LogP contribution in [0.5, 0.6) is 17.2 Å². The van der Waals surface area contributed by atoms with E-state index in [1.807, 2.05) is 24.3 Å². The molecule has 0 spiro atoms. The van der Waals surface area contributed by atoms with Gasteiger partial charge in [0.1, 0.15) is 5.75 Å². The number of benzene rings is 2. The van der Waals surface area contributed by atoms with Crippen LogP contribution in [-0.4, -0.2) is 24.8 Å². The van der Waals surface area contributed by atoms with Gasteiger partial charge in [0.2, 0.25) is 6.79 Å². The summed E-state index contributed by atoms with van der Waals surface area (Å²) in [6.07, 6.45) is 3.18. The number of amides is 1. The van der Waals surface area contributed by atoms with Gasteiger partial charge in [-0.05, 0) is 36.4 Å². The smallest absolute Gasteiger partial charge is 0.264 e. The van der Waals surface area contributed by atoms with E-state index in [0.717, 1.165) is 0 Å². The van der Waals surface area contributed by atoms with Gasteiger partial charge >= 0.3 is 0 Å². The molecule has 0 bridgehead atoms. The Bertz CT molecular complexity index is 944. The summed E-state index contributed by atoms with van der Waals surface area (Å²) in [5, 5.41) is 0. The highest BCUT2D eigenvalue weighted by molar-refractivity contribution is 6.11. The van der Waals surface area contributed by atoms with Crippen LogP contribution in [0.3, 0.4) is 0 Å². The molecule has 1 amide bonds. The summed E-state index contributed by atoms with van der Waals surface area (Å²) in [6, 6.07) is 16.2. The second-order valence-corrected chi connectivity index (χ2v) is 5.62. The number of methoxy groups -OCH3 is 1. The number of hydrogen-bond donors (Lipinski definition) is 0. The Kier molecular flexibility index (Phi) is 4.15. The molecule has 6 heteroatoms. The van der Waals surface area contributed by atoms with E-state index in [1.165, 1.54) is 0 Å². The Balaban J connectivity index is 1.82. The van der Waals surface area contributed by atoms with Gasteiger partial charge in [-0.1, -0.05) is 6.07 Å². The van der Waals surface area contributed by atoms with Crippen LogP contribution in [0.25, 0.3) is 0 Å². The van der Waals surface area contributed by atoms with E-state index < -0.39 is 0 Å². The van der Waals surface area contributed by atoms with Crippen LogP contribution in [0.2, 0.25) is 0 Å². The van der Waals surface area contributed by atoms with Crippen LogP contribution in [-0.2, 0) is 0 Å². The maximum Gasteiger partial charge on any atom is 0.264 e. The molecule has 1 aliphatic heterocycles. The number of carbonyl (C=O) groups is 1. The second-order valence-electron chi connectivity index (χ2n) is 5.62. The molecular formula is C20H16N2O4. The lowest BCUT2D eigenvalue weighted by atomic mass is 10.1.